The molecule has 3 heterocycles. The first-order valence-electron chi connectivity index (χ1n) is 11.8. The van der Waals surface area contributed by atoms with Crippen molar-refractivity contribution in [3.63, 3.8) is 0 Å². The van der Waals surface area contributed by atoms with Gasteiger partial charge in [0.25, 0.3) is 5.91 Å². The SMILES string of the molecule is CCOC(=O)c1sc(N2C(=O)c3oc4ccc(F)cc4c(=O)c3C2c2cc(OC)c(OC)c(OC)c2)nc1C. The molecule has 1 atom stereocenters. The lowest BCUT2D eigenvalue weighted by molar-refractivity contribution is 0.0531. The van der Waals surface area contributed by atoms with E-state index >= 15 is 0 Å². The second kappa shape index (κ2) is 10.0. The second-order valence-corrected chi connectivity index (χ2v) is 9.46. The third-order valence-corrected chi connectivity index (χ3v) is 7.42. The number of hydrogen-bond acceptors (Lipinski definition) is 10. The molecule has 0 aliphatic carbocycles. The number of fused-ring (bicyclic) bond motifs is 2. The zero-order valence-electron chi connectivity index (χ0n) is 21.6. The monoisotopic (exact) mass is 554 g/mol. The Morgan fingerprint density at radius 2 is 1.79 bits per heavy atom. The van der Waals surface area contributed by atoms with Crippen molar-refractivity contribution in [2.24, 2.45) is 0 Å². The maximum atomic E-state index is 14.1. The molecule has 0 radical (unpaired) electrons. The fraction of sp³-hybridized carbons (Fsp3) is 0.259. The van der Waals surface area contributed by atoms with Gasteiger partial charge in [-0.25, -0.2) is 14.2 Å². The van der Waals surface area contributed by atoms with Crippen LogP contribution in [0.2, 0.25) is 0 Å². The van der Waals surface area contributed by atoms with Crippen LogP contribution in [0.15, 0.2) is 39.5 Å². The van der Waals surface area contributed by atoms with Crippen LogP contribution in [0.25, 0.3) is 11.0 Å². The van der Waals surface area contributed by atoms with Crippen LogP contribution in [0, 0.1) is 12.7 Å². The summed E-state index contributed by atoms with van der Waals surface area (Å²) < 4.78 is 41.5. The number of amides is 1. The maximum absolute atomic E-state index is 14.1. The van der Waals surface area contributed by atoms with Gasteiger partial charge in [-0.3, -0.25) is 14.5 Å². The summed E-state index contributed by atoms with van der Waals surface area (Å²) in [6.07, 6.45) is 0. The van der Waals surface area contributed by atoms with Gasteiger partial charge in [-0.1, -0.05) is 11.3 Å². The predicted molar refractivity (Wildman–Crippen MR) is 140 cm³/mol. The first-order chi connectivity index (χ1) is 18.7. The van der Waals surface area contributed by atoms with E-state index in [4.69, 9.17) is 23.4 Å². The minimum atomic E-state index is -1.08. The van der Waals surface area contributed by atoms with Crippen molar-refractivity contribution in [2.75, 3.05) is 32.8 Å². The van der Waals surface area contributed by atoms with E-state index in [2.05, 4.69) is 4.98 Å². The van der Waals surface area contributed by atoms with Crippen LogP contribution in [0.4, 0.5) is 9.52 Å². The molecular formula is C27H23FN2O8S. The molecule has 0 bridgehead atoms. The molecule has 5 rings (SSSR count). The van der Waals surface area contributed by atoms with Gasteiger partial charge in [0.15, 0.2) is 22.1 Å². The highest BCUT2D eigenvalue weighted by atomic mass is 32.1. The maximum Gasteiger partial charge on any atom is 0.350 e. The average Bonchev–Trinajstić information content (AvgIpc) is 3.45. The van der Waals surface area contributed by atoms with Crippen molar-refractivity contribution in [2.45, 2.75) is 19.9 Å². The van der Waals surface area contributed by atoms with Crippen LogP contribution >= 0.6 is 11.3 Å². The molecule has 1 aliphatic rings. The number of thiazole rings is 1. The number of ether oxygens (including phenoxy) is 4. The standard InChI is InChI=1S/C27H23FN2O8S/c1-6-37-26(33)24-12(2)29-27(39-24)30-20(13-9-17(34-3)22(36-5)18(10-13)35-4)19-21(31)15-11-14(28)7-8-16(15)38-23(19)25(30)32/h7-11,20H,6H2,1-5H3. The van der Waals surface area contributed by atoms with Crippen molar-refractivity contribution in [3.8, 4) is 17.2 Å². The molecule has 0 fully saturated rings. The molecular weight excluding hydrogens is 531 g/mol. The smallest absolute Gasteiger partial charge is 0.350 e. The van der Waals surface area contributed by atoms with Crippen molar-refractivity contribution in [1.82, 2.24) is 4.98 Å². The molecule has 1 unspecified atom stereocenters. The van der Waals surface area contributed by atoms with Gasteiger partial charge >= 0.3 is 5.97 Å². The molecule has 4 aromatic rings. The quantitative estimate of drug-likeness (QED) is 0.301. The van der Waals surface area contributed by atoms with Gasteiger partial charge in [-0.2, -0.15) is 0 Å². The van der Waals surface area contributed by atoms with Crippen LogP contribution in [0.3, 0.4) is 0 Å². The summed E-state index contributed by atoms with van der Waals surface area (Å²) in [6, 6.07) is 5.62. The summed E-state index contributed by atoms with van der Waals surface area (Å²) in [4.78, 5) is 46.1. The number of aromatic nitrogens is 1. The first-order valence-corrected chi connectivity index (χ1v) is 12.6. The zero-order valence-corrected chi connectivity index (χ0v) is 22.4. The number of esters is 1. The zero-order chi connectivity index (χ0) is 28.0. The molecule has 2 aromatic carbocycles. The van der Waals surface area contributed by atoms with E-state index in [0.29, 0.717) is 17.0 Å². The molecule has 0 saturated heterocycles. The fourth-order valence-corrected chi connectivity index (χ4v) is 5.58. The Morgan fingerprint density at radius 1 is 1.10 bits per heavy atom. The van der Waals surface area contributed by atoms with Crippen LogP contribution < -0.4 is 24.5 Å². The van der Waals surface area contributed by atoms with Gasteiger partial charge in [0, 0.05) is 0 Å². The summed E-state index contributed by atoms with van der Waals surface area (Å²) >= 11 is 0.946. The van der Waals surface area contributed by atoms with Gasteiger partial charge in [0.1, 0.15) is 16.3 Å². The lowest BCUT2D eigenvalue weighted by atomic mass is 9.98. The Labute approximate surface area is 225 Å². The Hall–Kier alpha value is -4.45. The Bertz CT molecular complexity index is 1670. The molecule has 2 aromatic heterocycles. The topological polar surface area (TPSA) is 117 Å². The van der Waals surface area contributed by atoms with Crippen LogP contribution in [-0.4, -0.2) is 44.8 Å². The molecule has 1 amide bonds. The number of nitrogens with zero attached hydrogens (tertiary/aromatic N) is 2. The number of benzene rings is 2. The highest BCUT2D eigenvalue weighted by Crippen LogP contribution is 2.47. The normalized spacial score (nSPS) is 14.5. The predicted octanol–water partition coefficient (Wildman–Crippen LogP) is 4.65. The van der Waals surface area contributed by atoms with E-state index < -0.39 is 29.2 Å². The second-order valence-electron chi connectivity index (χ2n) is 8.48. The number of carbonyl (C=O) groups excluding carboxylic acids is 2. The van der Waals surface area contributed by atoms with Crippen molar-refractivity contribution in [1.29, 1.82) is 0 Å². The average molecular weight is 555 g/mol. The summed E-state index contributed by atoms with van der Waals surface area (Å²) in [7, 11) is 4.32. The Balaban J connectivity index is 1.80. The summed E-state index contributed by atoms with van der Waals surface area (Å²) in [5, 5.41) is 0.115. The minimum absolute atomic E-state index is 0.0158. The number of carbonyl (C=O) groups is 2. The van der Waals surface area contributed by atoms with E-state index in [-0.39, 0.29) is 50.4 Å². The molecule has 0 spiro atoms. The number of aryl methyl sites for hydroxylation is 1. The highest BCUT2D eigenvalue weighted by Gasteiger charge is 2.46. The number of hydrogen-bond donors (Lipinski definition) is 0. The van der Waals surface area contributed by atoms with E-state index in [1.54, 1.807) is 26.0 Å². The largest absolute Gasteiger partial charge is 0.493 e. The number of halogens is 1. The molecule has 0 saturated carbocycles. The fourth-order valence-electron chi connectivity index (χ4n) is 4.59. The van der Waals surface area contributed by atoms with Gasteiger partial charge in [0.2, 0.25) is 11.5 Å². The van der Waals surface area contributed by atoms with Gasteiger partial charge in [0.05, 0.1) is 50.6 Å². The molecule has 202 valence electrons. The third-order valence-electron chi connectivity index (χ3n) is 6.29. The van der Waals surface area contributed by atoms with Crippen LogP contribution in [0.1, 0.15) is 50.0 Å². The summed E-state index contributed by atoms with van der Waals surface area (Å²) in [5.74, 6) is -1.21. The van der Waals surface area contributed by atoms with Crippen molar-refractivity contribution >= 4 is 39.3 Å². The first kappa shape index (κ1) is 26.2. The van der Waals surface area contributed by atoms with Gasteiger partial charge < -0.3 is 23.4 Å². The molecule has 12 heteroatoms. The highest BCUT2D eigenvalue weighted by molar-refractivity contribution is 7.17. The Kier molecular flexibility index (Phi) is 6.73. The van der Waals surface area contributed by atoms with E-state index in [1.165, 1.54) is 32.3 Å². The number of anilines is 1. The number of methoxy groups -OCH3 is 3. The van der Waals surface area contributed by atoms with Crippen LogP contribution in [-0.2, 0) is 4.74 Å². The molecule has 1 aliphatic heterocycles. The van der Waals surface area contributed by atoms with E-state index in [1.807, 2.05) is 0 Å². The molecule has 0 N–H and O–H groups in total. The summed E-state index contributed by atoms with van der Waals surface area (Å²) in [6.45, 7) is 3.46. The summed E-state index contributed by atoms with van der Waals surface area (Å²) in [5.41, 5.74) is 0.219. The lowest BCUT2D eigenvalue weighted by Gasteiger charge is -2.24. The van der Waals surface area contributed by atoms with Gasteiger partial charge in [-0.05, 0) is 49.7 Å². The Morgan fingerprint density at radius 3 is 2.41 bits per heavy atom. The molecule has 39 heavy (non-hydrogen) atoms. The number of rotatable bonds is 7. The lowest BCUT2D eigenvalue weighted by Crippen LogP contribution is -2.29. The van der Waals surface area contributed by atoms with Crippen LogP contribution in [0.5, 0.6) is 17.2 Å². The van der Waals surface area contributed by atoms with Gasteiger partial charge in [-0.15, -0.1) is 0 Å². The van der Waals surface area contributed by atoms with Crippen molar-refractivity contribution in [3.05, 3.63) is 73.8 Å². The van der Waals surface area contributed by atoms with E-state index in [0.717, 1.165) is 23.5 Å². The van der Waals surface area contributed by atoms with Crippen molar-refractivity contribution < 1.29 is 37.3 Å². The van der Waals surface area contributed by atoms with E-state index in [9.17, 15) is 18.8 Å². The minimum Gasteiger partial charge on any atom is -0.493 e. The third kappa shape index (κ3) is 4.16. The molecule has 10 nitrogen and oxygen atoms in total.